The van der Waals surface area contributed by atoms with Crippen molar-refractivity contribution in [2.75, 3.05) is 20.1 Å². The van der Waals surface area contributed by atoms with Gasteiger partial charge in [-0.05, 0) is 32.5 Å². The number of aryl methyl sites for hydroxylation is 1. The normalized spacial score (nSPS) is 20.3. The smallest absolute Gasteiger partial charge is 0.261 e. The second-order valence-electron chi connectivity index (χ2n) is 4.46. The Morgan fingerprint density at radius 3 is 2.17 bits per heavy atom. The van der Waals surface area contributed by atoms with Gasteiger partial charge in [0.2, 0.25) is 0 Å². The molecule has 1 saturated heterocycles. The predicted molar refractivity (Wildman–Crippen MR) is 72.3 cm³/mol. The van der Waals surface area contributed by atoms with E-state index >= 15 is 0 Å². The molecule has 1 fully saturated rings. The number of benzene rings is 1. The quantitative estimate of drug-likeness (QED) is 0.799. The molecule has 0 aromatic heterocycles. The summed E-state index contributed by atoms with van der Waals surface area (Å²) in [6.07, 6.45) is 0.904. The van der Waals surface area contributed by atoms with Gasteiger partial charge in [-0.2, -0.15) is 0 Å². The molecule has 18 heavy (non-hydrogen) atoms. The number of aliphatic hydroxyl groups excluding tert-OH is 1. The van der Waals surface area contributed by atoms with Crippen LogP contribution in [0.25, 0.3) is 0 Å². The summed E-state index contributed by atoms with van der Waals surface area (Å²) >= 11 is 0. The Bertz CT molecular complexity index is 465. The van der Waals surface area contributed by atoms with Crippen molar-refractivity contribution >= 4 is 19.7 Å². The second kappa shape index (κ2) is 6.52. The predicted octanol–water partition coefficient (Wildman–Crippen LogP) is 1.61. The van der Waals surface area contributed by atoms with Crippen molar-refractivity contribution < 1.29 is 13.5 Å². The van der Waals surface area contributed by atoms with Gasteiger partial charge in [0.1, 0.15) is 0 Å². The minimum Gasteiger partial charge on any atom is -0.392 e. The van der Waals surface area contributed by atoms with Crippen LogP contribution in [0.1, 0.15) is 12.0 Å². The third-order valence-corrected chi connectivity index (χ3v) is 4.04. The first-order chi connectivity index (χ1) is 8.29. The maximum atomic E-state index is 10.7. The summed E-state index contributed by atoms with van der Waals surface area (Å²) in [6.45, 7) is 3.80. The summed E-state index contributed by atoms with van der Waals surface area (Å²) in [6, 6.07) is 6.37. The van der Waals surface area contributed by atoms with Crippen LogP contribution >= 0.6 is 10.7 Å². The molecule has 0 spiro atoms. The number of nitrogens with zero attached hydrogens (tertiary/aromatic N) is 1. The van der Waals surface area contributed by atoms with Crippen LogP contribution in [0.5, 0.6) is 0 Å². The fraction of sp³-hybridized carbons (Fsp3) is 0.500. The third kappa shape index (κ3) is 5.35. The van der Waals surface area contributed by atoms with Crippen LogP contribution < -0.4 is 0 Å². The third-order valence-electron chi connectivity index (χ3n) is 2.67. The van der Waals surface area contributed by atoms with Gasteiger partial charge in [-0.25, -0.2) is 8.42 Å². The molecule has 0 radical (unpaired) electrons. The number of aliphatic hydroxyl groups is 1. The molecular formula is C12H18ClNO3S. The van der Waals surface area contributed by atoms with E-state index in [1.54, 1.807) is 12.1 Å². The summed E-state index contributed by atoms with van der Waals surface area (Å²) in [5.74, 6) is 0. The van der Waals surface area contributed by atoms with Crippen molar-refractivity contribution in [3.05, 3.63) is 29.8 Å². The summed E-state index contributed by atoms with van der Waals surface area (Å²) in [4.78, 5) is 2.27. The van der Waals surface area contributed by atoms with E-state index in [-0.39, 0.29) is 11.0 Å². The molecule has 1 N–H and O–H groups in total. The number of hydrogen-bond acceptors (Lipinski definition) is 4. The van der Waals surface area contributed by atoms with E-state index in [0.29, 0.717) is 0 Å². The molecule has 1 aromatic carbocycles. The Balaban J connectivity index is 0.000000199. The van der Waals surface area contributed by atoms with Crippen LogP contribution in [0.15, 0.2) is 29.2 Å². The van der Waals surface area contributed by atoms with Crippen LogP contribution in [-0.4, -0.2) is 44.7 Å². The fourth-order valence-electron chi connectivity index (χ4n) is 1.61. The summed E-state index contributed by atoms with van der Waals surface area (Å²) in [7, 11) is 3.56. The maximum absolute atomic E-state index is 10.7. The molecule has 0 saturated carbocycles. The maximum Gasteiger partial charge on any atom is 0.261 e. The van der Waals surface area contributed by atoms with Gasteiger partial charge in [-0.3, -0.25) is 0 Å². The number of halogens is 1. The Morgan fingerprint density at radius 2 is 1.89 bits per heavy atom. The molecule has 0 aliphatic carbocycles. The lowest BCUT2D eigenvalue weighted by Gasteiger charge is -2.02. The molecule has 4 nitrogen and oxygen atoms in total. The fourth-order valence-corrected chi connectivity index (χ4v) is 2.38. The van der Waals surface area contributed by atoms with Gasteiger partial charge < -0.3 is 10.0 Å². The Morgan fingerprint density at radius 1 is 1.33 bits per heavy atom. The molecule has 1 aliphatic rings. The highest BCUT2D eigenvalue weighted by atomic mass is 35.7. The Labute approximate surface area is 113 Å². The lowest BCUT2D eigenvalue weighted by Crippen LogP contribution is -2.15. The van der Waals surface area contributed by atoms with E-state index in [1.165, 1.54) is 12.1 Å². The molecule has 1 aromatic rings. The van der Waals surface area contributed by atoms with Gasteiger partial charge in [0.25, 0.3) is 9.05 Å². The number of β-amino-alcohol motifs (C(OH)–C–C–N with tert-alkyl or cyclic N) is 1. The monoisotopic (exact) mass is 291 g/mol. The van der Waals surface area contributed by atoms with E-state index in [4.69, 9.17) is 15.8 Å². The van der Waals surface area contributed by atoms with Gasteiger partial charge in [-0.15, -0.1) is 0 Å². The van der Waals surface area contributed by atoms with Crippen LogP contribution in [0.2, 0.25) is 0 Å². The number of rotatable bonds is 1. The minimum atomic E-state index is -3.55. The largest absolute Gasteiger partial charge is 0.392 e. The number of likely N-dealkylation sites (N-methyl/N-ethyl adjacent to an activating group) is 1. The SMILES string of the molecule is CN1CC[C@@H](O)C1.Cc1ccc(S(=O)(=O)Cl)cc1. The van der Waals surface area contributed by atoms with Gasteiger partial charge >= 0.3 is 0 Å². The number of likely N-dealkylation sites (tertiary alicyclic amines) is 1. The molecule has 6 heteroatoms. The van der Waals surface area contributed by atoms with Gasteiger partial charge in [0, 0.05) is 23.8 Å². The molecule has 0 amide bonds. The van der Waals surface area contributed by atoms with Crippen molar-refractivity contribution in [3.63, 3.8) is 0 Å². The van der Waals surface area contributed by atoms with Crippen molar-refractivity contribution in [2.45, 2.75) is 24.3 Å². The van der Waals surface area contributed by atoms with E-state index in [2.05, 4.69) is 4.90 Å². The van der Waals surface area contributed by atoms with E-state index < -0.39 is 9.05 Å². The van der Waals surface area contributed by atoms with Crippen molar-refractivity contribution in [3.8, 4) is 0 Å². The standard InChI is InChI=1S/C7H7ClO2S.C5H11NO/c1-6-2-4-7(5-3-6)11(8,9)10;1-6-3-2-5(7)4-6/h2-5H,1H3;5,7H,2-4H2,1H3/t;5-/m.1/s1. The second-order valence-corrected chi connectivity index (χ2v) is 7.02. The first kappa shape index (κ1) is 15.4. The molecule has 2 rings (SSSR count). The molecule has 1 atom stereocenters. The van der Waals surface area contributed by atoms with Crippen molar-refractivity contribution in [2.24, 2.45) is 0 Å². The average molecular weight is 292 g/mol. The first-order valence-electron chi connectivity index (χ1n) is 5.67. The molecule has 1 heterocycles. The number of hydrogen-bond donors (Lipinski definition) is 1. The van der Waals surface area contributed by atoms with Crippen LogP contribution in [-0.2, 0) is 9.05 Å². The van der Waals surface area contributed by atoms with Crippen molar-refractivity contribution in [1.82, 2.24) is 4.90 Å². The minimum absolute atomic E-state index is 0.0509. The van der Waals surface area contributed by atoms with Crippen molar-refractivity contribution in [1.29, 1.82) is 0 Å². The van der Waals surface area contributed by atoms with E-state index in [1.807, 2.05) is 14.0 Å². The summed E-state index contributed by atoms with van der Waals surface area (Å²) in [5, 5.41) is 8.86. The average Bonchev–Trinajstić information content (AvgIpc) is 2.62. The van der Waals surface area contributed by atoms with Crippen LogP contribution in [0.3, 0.4) is 0 Å². The van der Waals surface area contributed by atoms with Gasteiger partial charge in [-0.1, -0.05) is 17.7 Å². The molecule has 102 valence electrons. The van der Waals surface area contributed by atoms with Crippen LogP contribution in [0.4, 0.5) is 0 Å². The Hall–Kier alpha value is -0.620. The summed E-state index contributed by atoms with van der Waals surface area (Å²) < 4.78 is 21.4. The topological polar surface area (TPSA) is 57.6 Å². The highest BCUT2D eigenvalue weighted by Gasteiger charge is 2.15. The van der Waals surface area contributed by atoms with E-state index in [0.717, 1.165) is 25.1 Å². The Kier molecular flexibility index (Phi) is 5.59. The zero-order valence-electron chi connectivity index (χ0n) is 10.5. The van der Waals surface area contributed by atoms with Gasteiger partial charge in [0.15, 0.2) is 0 Å². The molecule has 0 bridgehead atoms. The lowest BCUT2D eigenvalue weighted by atomic mass is 10.2. The highest BCUT2D eigenvalue weighted by Crippen LogP contribution is 2.14. The lowest BCUT2D eigenvalue weighted by molar-refractivity contribution is 0.183. The van der Waals surface area contributed by atoms with Gasteiger partial charge in [0.05, 0.1) is 11.0 Å². The highest BCUT2D eigenvalue weighted by molar-refractivity contribution is 8.13. The first-order valence-corrected chi connectivity index (χ1v) is 7.98. The van der Waals surface area contributed by atoms with Crippen LogP contribution in [0, 0.1) is 6.92 Å². The molecule has 0 unspecified atom stereocenters. The summed E-state index contributed by atoms with van der Waals surface area (Å²) in [5.41, 5.74) is 1.01. The van der Waals surface area contributed by atoms with E-state index in [9.17, 15) is 8.42 Å². The zero-order chi connectivity index (χ0) is 13.8. The molecule has 1 aliphatic heterocycles. The zero-order valence-corrected chi connectivity index (χ0v) is 12.1. The molecular weight excluding hydrogens is 274 g/mol.